The van der Waals surface area contributed by atoms with Crippen molar-refractivity contribution in [1.82, 2.24) is 5.32 Å². The highest BCUT2D eigenvalue weighted by Crippen LogP contribution is 2.28. The Morgan fingerprint density at radius 2 is 1.86 bits per heavy atom. The predicted octanol–water partition coefficient (Wildman–Crippen LogP) is 2.88. The Morgan fingerprint density at radius 1 is 1.14 bits per heavy atom. The van der Waals surface area contributed by atoms with Gasteiger partial charge in [0.25, 0.3) is 5.91 Å². The second-order valence-electron chi connectivity index (χ2n) is 5.57. The Kier molecular flexibility index (Phi) is 7.74. The van der Waals surface area contributed by atoms with Gasteiger partial charge < -0.3 is 19.5 Å². The van der Waals surface area contributed by atoms with E-state index in [9.17, 15) is 4.79 Å². The first-order valence-electron chi connectivity index (χ1n) is 7.60. The van der Waals surface area contributed by atoms with Gasteiger partial charge in [-0.15, -0.1) is 0 Å². The van der Waals surface area contributed by atoms with Crippen molar-refractivity contribution >= 4 is 5.91 Å². The fourth-order valence-electron chi connectivity index (χ4n) is 1.77. The molecule has 0 bridgehead atoms. The molecule has 1 rings (SSSR count). The summed E-state index contributed by atoms with van der Waals surface area (Å²) in [4.78, 5) is 12.3. The summed E-state index contributed by atoms with van der Waals surface area (Å²) < 4.78 is 15.9. The lowest BCUT2D eigenvalue weighted by Gasteiger charge is -2.18. The molecule has 0 saturated carbocycles. The van der Waals surface area contributed by atoms with Crippen molar-refractivity contribution < 1.29 is 19.0 Å². The Hall–Kier alpha value is -1.75. The van der Waals surface area contributed by atoms with Gasteiger partial charge in [0.15, 0.2) is 11.5 Å². The molecule has 0 spiro atoms. The normalized spacial score (nSPS) is 12.1. The summed E-state index contributed by atoms with van der Waals surface area (Å²) >= 11 is 0. The van der Waals surface area contributed by atoms with Crippen LogP contribution in [-0.2, 0) is 4.74 Å². The average molecular weight is 309 g/mol. The van der Waals surface area contributed by atoms with Crippen molar-refractivity contribution in [3.8, 4) is 11.5 Å². The molecule has 1 N–H and O–H groups in total. The summed E-state index contributed by atoms with van der Waals surface area (Å²) in [5.74, 6) is 1.46. The number of benzene rings is 1. The predicted molar refractivity (Wildman–Crippen MR) is 86.7 cm³/mol. The Morgan fingerprint density at radius 3 is 2.45 bits per heavy atom. The first-order chi connectivity index (χ1) is 10.5. The molecule has 1 aromatic carbocycles. The van der Waals surface area contributed by atoms with Gasteiger partial charge in [0.05, 0.1) is 13.7 Å². The van der Waals surface area contributed by atoms with Crippen LogP contribution in [0.1, 0.15) is 37.6 Å². The number of carbonyl (C=O) groups is 1. The number of ether oxygens (including phenoxy) is 3. The SMILES string of the molecule is COCCCOc1cc(C(=O)NC(C)C(C)C)ccc1OC. The zero-order valence-corrected chi connectivity index (χ0v) is 14.1. The summed E-state index contributed by atoms with van der Waals surface area (Å²) in [5.41, 5.74) is 0.565. The van der Waals surface area contributed by atoms with Crippen LogP contribution in [0.15, 0.2) is 18.2 Å². The van der Waals surface area contributed by atoms with Gasteiger partial charge in [-0.2, -0.15) is 0 Å². The average Bonchev–Trinajstić information content (AvgIpc) is 2.51. The molecule has 0 aliphatic carbocycles. The van der Waals surface area contributed by atoms with Crippen LogP contribution < -0.4 is 14.8 Å². The molecule has 22 heavy (non-hydrogen) atoms. The third-order valence-corrected chi connectivity index (χ3v) is 3.53. The molecule has 1 amide bonds. The number of nitrogens with one attached hydrogen (secondary N) is 1. The Labute approximate surface area is 132 Å². The molecule has 0 heterocycles. The van der Waals surface area contributed by atoms with Crippen LogP contribution >= 0.6 is 0 Å². The molecular weight excluding hydrogens is 282 g/mol. The van der Waals surface area contributed by atoms with Gasteiger partial charge >= 0.3 is 0 Å². The Bertz CT molecular complexity index is 474. The summed E-state index contributed by atoms with van der Waals surface area (Å²) in [7, 11) is 3.24. The van der Waals surface area contributed by atoms with Crippen LogP contribution in [-0.4, -0.2) is 39.4 Å². The maximum Gasteiger partial charge on any atom is 0.251 e. The minimum Gasteiger partial charge on any atom is -0.493 e. The van der Waals surface area contributed by atoms with E-state index in [1.165, 1.54) is 0 Å². The van der Waals surface area contributed by atoms with E-state index in [-0.39, 0.29) is 11.9 Å². The number of hydrogen-bond acceptors (Lipinski definition) is 4. The van der Waals surface area contributed by atoms with E-state index in [1.54, 1.807) is 32.4 Å². The first-order valence-corrected chi connectivity index (χ1v) is 7.60. The number of methoxy groups -OCH3 is 2. The van der Waals surface area contributed by atoms with Gasteiger partial charge in [0.1, 0.15) is 0 Å². The maximum absolute atomic E-state index is 12.3. The smallest absolute Gasteiger partial charge is 0.251 e. The van der Waals surface area contributed by atoms with Crippen molar-refractivity contribution in [3.63, 3.8) is 0 Å². The van der Waals surface area contributed by atoms with Gasteiger partial charge in [0.2, 0.25) is 0 Å². The summed E-state index contributed by atoms with van der Waals surface area (Å²) in [6.07, 6.45) is 0.778. The Balaban J connectivity index is 2.77. The van der Waals surface area contributed by atoms with Crippen molar-refractivity contribution in [3.05, 3.63) is 23.8 Å². The summed E-state index contributed by atoms with van der Waals surface area (Å²) in [6, 6.07) is 5.32. The van der Waals surface area contributed by atoms with Crippen LogP contribution in [0.5, 0.6) is 11.5 Å². The zero-order valence-electron chi connectivity index (χ0n) is 14.1. The molecule has 5 heteroatoms. The van der Waals surface area contributed by atoms with Crippen LogP contribution in [0.2, 0.25) is 0 Å². The highest BCUT2D eigenvalue weighted by molar-refractivity contribution is 5.95. The number of amides is 1. The van der Waals surface area contributed by atoms with Gasteiger partial charge in [-0.25, -0.2) is 0 Å². The lowest BCUT2D eigenvalue weighted by molar-refractivity contribution is 0.0930. The van der Waals surface area contributed by atoms with Crippen molar-refractivity contribution in [2.45, 2.75) is 33.2 Å². The molecule has 0 saturated heterocycles. The lowest BCUT2D eigenvalue weighted by Crippen LogP contribution is -2.36. The fourth-order valence-corrected chi connectivity index (χ4v) is 1.77. The van der Waals surface area contributed by atoms with E-state index in [0.717, 1.165) is 6.42 Å². The number of carbonyl (C=O) groups excluding carboxylic acids is 1. The van der Waals surface area contributed by atoms with Gasteiger partial charge in [-0.05, 0) is 31.0 Å². The molecule has 0 aliphatic heterocycles. The molecule has 124 valence electrons. The third kappa shape index (κ3) is 5.56. The van der Waals surface area contributed by atoms with Crippen LogP contribution in [0, 0.1) is 5.92 Å². The summed E-state index contributed by atoms with van der Waals surface area (Å²) in [6.45, 7) is 7.28. The third-order valence-electron chi connectivity index (χ3n) is 3.53. The monoisotopic (exact) mass is 309 g/mol. The van der Waals surface area contributed by atoms with E-state index in [4.69, 9.17) is 14.2 Å². The van der Waals surface area contributed by atoms with Gasteiger partial charge in [-0.3, -0.25) is 4.79 Å². The highest BCUT2D eigenvalue weighted by Gasteiger charge is 2.15. The molecule has 0 radical (unpaired) electrons. The highest BCUT2D eigenvalue weighted by atomic mass is 16.5. The topological polar surface area (TPSA) is 56.8 Å². The van der Waals surface area contributed by atoms with E-state index in [2.05, 4.69) is 19.2 Å². The van der Waals surface area contributed by atoms with Crippen LogP contribution in [0.4, 0.5) is 0 Å². The lowest BCUT2D eigenvalue weighted by atomic mass is 10.1. The van der Waals surface area contributed by atoms with E-state index in [1.807, 2.05) is 6.92 Å². The van der Waals surface area contributed by atoms with Crippen molar-refractivity contribution in [2.24, 2.45) is 5.92 Å². The molecule has 0 aliphatic rings. The van der Waals surface area contributed by atoms with E-state index in [0.29, 0.717) is 36.2 Å². The van der Waals surface area contributed by atoms with Crippen LogP contribution in [0.25, 0.3) is 0 Å². The van der Waals surface area contributed by atoms with Crippen molar-refractivity contribution in [2.75, 3.05) is 27.4 Å². The van der Waals surface area contributed by atoms with Gasteiger partial charge in [0, 0.05) is 31.7 Å². The summed E-state index contributed by atoms with van der Waals surface area (Å²) in [5, 5.41) is 2.98. The standard InChI is InChI=1S/C17H27NO4/c1-12(2)13(3)18-17(19)14-7-8-15(21-5)16(11-14)22-10-6-9-20-4/h7-8,11-13H,6,9-10H2,1-5H3,(H,18,19). The molecule has 1 atom stereocenters. The molecular formula is C17H27NO4. The molecule has 0 aromatic heterocycles. The zero-order chi connectivity index (χ0) is 16.5. The second kappa shape index (κ2) is 9.30. The minimum absolute atomic E-state index is 0.106. The number of rotatable bonds is 9. The first kappa shape index (κ1) is 18.3. The molecule has 1 aromatic rings. The number of hydrogen-bond donors (Lipinski definition) is 1. The molecule has 5 nitrogen and oxygen atoms in total. The fraction of sp³-hybridized carbons (Fsp3) is 0.588. The molecule has 0 fully saturated rings. The second-order valence-corrected chi connectivity index (χ2v) is 5.57. The van der Waals surface area contributed by atoms with Crippen molar-refractivity contribution in [1.29, 1.82) is 0 Å². The maximum atomic E-state index is 12.3. The van der Waals surface area contributed by atoms with E-state index < -0.39 is 0 Å². The largest absolute Gasteiger partial charge is 0.493 e. The van der Waals surface area contributed by atoms with Crippen LogP contribution in [0.3, 0.4) is 0 Å². The quantitative estimate of drug-likeness (QED) is 0.713. The van der Waals surface area contributed by atoms with E-state index >= 15 is 0 Å². The minimum atomic E-state index is -0.106. The molecule has 1 unspecified atom stereocenters. The van der Waals surface area contributed by atoms with Gasteiger partial charge in [-0.1, -0.05) is 13.8 Å².